The number of benzene rings is 3. The van der Waals surface area contributed by atoms with E-state index in [2.05, 4.69) is 80.1 Å². The van der Waals surface area contributed by atoms with Gasteiger partial charge in [-0.3, -0.25) is 0 Å². The summed E-state index contributed by atoms with van der Waals surface area (Å²) in [5.41, 5.74) is 8.08. The molecule has 3 nitrogen and oxygen atoms in total. The van der Waals surface area contributed by atoms with Crippen LogP contribution in [0.5, 0.6) is 17.2 Å². The second kappa shape index (κ2) is 10.6. The summed E-state index contributed by atoms with van der Waals surface area (Å²) in [5.74, 6) is 9.14. The van der Waals surface area contributed by atoms with Crippen LogP contribution >= 0.6 is 0 Å². The highest BCUT2D eigenvalue weighted by Crippen LogP contribution is 2.47. The Labute approximate surface area is 207 Å². The van der Waals surface area contributed by atoms with Crippen LogP contribution in [0.4, 0.5) is 0 Å². The topological polar surface area (TPSA) is 27.7 Å². The standard InChI is InChI=1S/C32H26O3/c1-6-15-33-30-19-23(20-31(34-16-7-2)32(30)35-17-8-3)18-28-26-12-10-9-11-25(26)27-14-13-24(22(4)5)21-29(27)28/h1-3,9-14,18-22H,15-17H2,4-5H3/b28-18+. The van der Waals surface area contributed by atoms with Crippen LogP contribution < -0.4 is 14.2 Å². The van der Waals surface area contributed by atoms with Crippen LogP contribution in [0.3, 0.4) is 0 Å². The van der Waals surface area contributed by atoms with E-state index in [1.54, 1.807) is 0 Å². The fraction of sp³-hybridized carbons (Fsp3) is 0.188. The zero-order chi connectivity index (χ0) is 24.8. The van der Waals surface area contributed by atoms with Crippen LogP contribution in [-0.4, -0.2) is 19.8 Å². The Hall–Kier alpha value is -4.52. The Morgan fingerprint density at radius 3 is 1.89 bits per heavy atom. The van der Waals surface area contributed by atoms with Crippen LogP contribution in [0.25, 0.3) is 22.8 Å². The van der Waals surface area contributed by atoms with E-state index in [9.17, 15) is 0 Å². The van der Waals surface area contributed by atoms with Crippen LogP contribution in [0.2, 0.25) is 0 Å². The van der Waals surface area contributed by atoms with Gasteiger partial charge in [-0.15, -0.1) is 19.3 Å². The first kappa shape index (κ1) is 23.6. The van der Waals surface area contributed by atoms with Crippen molar-refractivity contribution in [2.75, 3.05) is 19.8 Å². The molecule has 0 atom stereocenters. The Balaban J connectivity index is 1.90. The molecule has 0 fully saturated rings. The van der Waals surface area contributed by atoms with Crippen molar-refractivity contribution in [1.82, 2.24) is 0 Å². The number of ether oxygens (including phenoxy) is 3. The smallest absolute Gasteiger partial charge is 0.204 e. The molecule has 0 amide bonds. The van der Waals surface area contributed by atoms with Crippen molar-refractivity contribution >= 4 is 11.6 Å². The highest BCUT2D eigenvalue weighted by molar-refractivity contribution is 6.06. The van der Waals surface area contributed by atoms with Gasteiger partial charge >= 0.3 is 0 Å². The average Bonchev–Trinajstić information content (AvgIpc) is 3.18. The first-order valence-electron chi connectivity index (χ1n) is 11.4. The molecule has 0 bridgehead atoms. The first-order valence-corrected chi connectivity index (χ1v) is 11.4. The maximum atomic E-state index is 5.81. The molecular formula is C32H26O3. The van der Waals surface area contributed by atoms with Gasteiger partial charge in [0.2, 0.25) is 5.75 Å². The van der Waals surface area contributed by atoms with E-state index in [0.717, 1.165) is 11.1 Å². The number of fused-ring (bicyclic) bond motifs is 3. The lowest BCUT2D eigenvalue weighted by Crippen LogP contribution is -2.04. The summed E-state index contributed by atoms with van der Waals surface area (Å²) >= 11 is 0. The number of hydrogen-bond acceptors (Lipinski definition) is 3. The summed E-state index contributed by atoms with van der Waals surface area (Å²) in [4.78, 5) is 0. The minimum absolute atomic E-state index is 0.0536. The van der Waals surface area contributed by atoms with Gasteiger partial charge in [-0.1, -0.05) is 74.1 Å². The molecule has 0 aliphatic heterocycles. The van der Waals surface area contributed by atoms with Gasteiger partial charge in [0.25, 0.3) is 0 Å². The lowest BCUT2D eigenvalue weighted by Gasteiger charge is -2.16. The minimum atomic E-state index is 0.0536. The molecule has 1 aliphatic rings. The highest BCUT2D eigenvalue weighted by atomic mass is 16.5. The van der Waals surface area contributed by atoms with Gasteiger partial charge < -0.3 is 14.2 Å². The third-order valence-corrected chi connectivity index (χ3v) is 5.78. The van der Waals surface area contributed by atoms with Crippen molar-refractivity contribution in [1.29, 1.82) is 0 Å². The van der Waals surface area contributed by atoms with E-state index in [1.807, 2.05) is 12.1 Å². The first-order chi connectivity index (χ1) is 17.1. The third kappa shape index (κ3) is 4.89. The molecule has 0 aromatic heterocycles. The molecule has 0 saturated heterocycles. The zero-order valence-corrected chi connectivity index (χ0v) is 19.9. The van der Waals surface area contributed by atoms with Crippen LogP contribution in [0.15, 0.2) is 54.6 Å². The molecule has 0 spiro atoms. The molecule has 0 N–H and O–H groups in total. The van der Waals surface area contributed by atoms with E-state index in [4.69, 9.17) is 33.5 Å². The molecule has 0 saturated carbocycles. The van der Waals surface area contributed by atoms with Gasteiger partial charge in [-0.25, -0.2) is 0 Å². The molecule has 0 radical (unpaired) electrons. The van der Waals surface area contributed by atoms with Gasteiger partial charge in [-0.2, -0.15) is 0 Å². The zero-order valence-electron chi connectivity index (χ0n) is 19.9. The Kier molecular flexibility index (Phi) is 7.16. The molecule has 0 unspecified atom stereocenters. The predicted octanol–water partition coefficient (Wildman–Crippen LogP) is 6.42. The predicted molar refractivity (Wildman–Crippen MR) is 142 cm³/mol. The third-order valence-electron chi connectivity index (χ3n) is 5.78. The summed E-state index contributed by atoms with van der Waals surface area (Å²) in [6.45, 7) is 4.60. The fourth-order valence-electron chi connectivity index (χ4n) is 4.19. The summed E-state index contributed by atoms with van der Waals surface area (Å²) in [6.07, 6.45) is 18.4. The quantitative estimate of drug-likeness (QED) is 0.285. The second-order valence-corrected chi connectivity index (χ2v) is 8.39. The maximum Gasteiger partial charge on any atom is 0.204 e. The van der Waals surface area contributed by atoms with Gasteiger partial charge in [-0.05, 0) is 63.1 Å². The van der Waals surface area contributed by atoms with E-state index < -0.39 is 0 Å². The molecule has 3 aromatic rings. The fourth-order valence-corrected chi connectivity index (χ4v) is 4.19. The van der Waals surface area contributed by atoms with E-state index in [1.165, 1.54) is 27.8 Å². The molecule has 1 aliphatic carbocycles. The largest absolute Gasteiger partial charge is 0.477 e. The second-order valence-electron chi connectivity index (χ2n) is 8.39. The molecule has 3 aromatic carbocycles. The van der Waals surface area contributed by atoms with Gasteiger partial charge in [0, 0.05) is 0 Å². The molecule has 172 valence electrons. The summed E-state index contributed by atoms with van der Waals surface area (Å²) in [7, 11) is 0. The number of hydrogen-bond donors (Lipinski definition) is 0. The normalized spacial score (nSPS) is 12.3. The van der Waals surface area contributed by atoms with Crippen molar-refractivity contribution in [3.63, 3.8) is 0 Å². The Morgan fingerprint density at radius 1 is 0.714 bits per heavy atom. The summed E-state index contributed by atoms with van der Waals surface area (Å²) in [6, 6.07) is 18.9. The highest BCUT2D eigenvalue weighted by Gasteiger charge is 2.24. The Bertz CT molecular complexity index is 1360. The molecule has 4 rings (SSSR count). The Morgan fingerprint density at radius 2 is 1.29 bits per heavy atom. The van der Waals surface area contributed by atoms with Crippen molar-refractivity contribution in [3.8, 4) is 65.4 Å². The van der Waals surface area contributed by atoms with Crippen LogP contribution in [0, 0.1) is 37.0 Å². The van der Waals surface area contributed by atoms with Crippen molar-refractivity contribution < 1.29 is 14.2 Å². The van der Waals surface area contributed by atoms with Crippen molar-refractivity contribution in [2.45, 2.75) is 19.8 Å². The number of rotatable bonds is 8. The van der Waals surface area contributed by atoms with Gasteiger partial charge in [0.05, 0.1) is 0 Å². The molecule has 0 heterocycles. The molecule has 3 heteroatoms. The average molecular weight is 459 g/mol. The molecular weight excluding hydrogens is 432 g/mol. The van der Waals surface area contributed by atoms with Crippen molar-refractivity contribution in [2.24, 2.45) is 0 Å². The van der Waals surface area contributed by atoms with E-state index in [-0.39, 0.29) is 19.8 Å². The van der Waals surface area contributed by atoms with Gasteiger partial charge in [0.1, 0.15) is 19.8 Å². The number of terminal acetylenes is 3. The SMILES string of the molecule is C#CCOc1cc(/C=C2\c3ccccc3-c3ccc(C(C)C)cc32)cc(OCC#C)c1OCC#C. The van der Waals surface area contributed by atoms with Crippen molar-refractivity contribution in [3.05, 3.63) is 76.9 Å². The minimum Gasteiger partial charge on any atom is -0.477 e. The van der Waals surface area contributed by atoms with Crippen LogP contribution in [-0.2, 0) is 0 Å². The lowest BCUT2D eigenvalue weighted by molar-refractivity contribution is 0.286. The van der Waals surface area contributed by atoms with Crippen LogP contribution in [0.1, 0.15) is 42.0 Å². The summed E-state index contributed by atoms with van der Waals surface area (Å²) < 4.78 is 17.4. The van der Waals surface area contributed by atoms with E-state index in [0.29, 0.717) is 23.2 Å². The summed E-state index contributed by atoms with van der Waals surface area (Å²) in [5, 5.41) is 0. The van der Waals surface area contributed by atoms with E-state index >= 15 is 0 Å². The molecule has 35 heavy (non-hydrogen) atoms. The maximum absolute atomic E-state index is 5.81. The lowest BCUT2D eigenvalue weighted by atomic mass is 9.95. The monoisotopic (exact) mass is 458 g/mol. The van der Waals surface area contributed by atoms with Gasteiger partial charge in [0.15, 0.2) is 11.5 Å².